The van der Waals surface area contributed by atoms with Crippen LogP contribution in [0.2, 0.25) is 0 Å². The van der Waals surface area contributed by atoms with Gasteiger partial charge in [-0.05, 0) is 17.7 Å². The number of nitrogens with zero attached hydrogens (tertiary/aromatic N) is 2. The Morgan fingerprint density at radius 3 is 2.48 bits per heavy atom. The van der Waals surface area contributed by atoms with Crippen molar-refractivity contribution in [1.82, 2.24) is 14.1 Å². The van der Waals surface area contributed by atoms with Gasteiger partial charge in [0, 0.05) is 12.6 Å². The molecular formula is C21H19N4O4+. The molecule has 146 valence electrons. The summed E-state index contributed by atoms with van der Waals surface area (Å²) in [5.41, 5.74) is 0.567. The molecule has 0 radical (unpaired) electrons. The summed E-state index contributed by atoms with van der Waals surface area (Å²) in [5, 5.41) is 0.217. The summed E-state index contributed by atoms with van der Waals surface area (Å²) >= 11 is 0. The summed E-state index contributed by atoms with van der Waals surface area (Å²) in [6.07, 6.45) is 0. The monoisotopic (exact) mass is 391 g/mol. The van der Waals surface area contributed by atoms with Gasteiger partial charge >= 0.3 is 11.4 Å². The molecule has 0 aliphatic rings. The summed E-state index contributed by atoms with van der Waals surface area (Å²) in [6, 6.07) is 16.8. The maximum atomic E-state index is 12.8. The van der Waals surface area contributed by atoms with Crippen LogP contribution in [0.4, 0.5) is 0 Å². The Bertz CT molecular complexity index is 1380. The fourth-order valence-electron chi connectivity index (χ4n) is 3.23. The van der Waals surface area contributed by atoms with Crippen molar-refractivity contribution in [3.05, 3.63) is 91.5 Å². The van der Waals surface area contributed by atoms with Gasteiger partial charge in [-0.15, -0.1) is 0 Å². The molecule has 2 N–H and O–H groups in total. The zero-order valence-electron chi connectivity index (χ0n) is 15.9. The van der Waals surface area contributed by atoms with Crippen molar-refractivity contribution >= 4 is 11.0 Å². The van der Waals surface area contributed by atoms with Gasteiger partial charge in [-0.3, -0.25) is 4.79 Å². The molecule has 0 unspecified atom stereocenters. The predicted molar refractivity (Wildman–Crippen MR) is 108 cm³/mol. The fraction of sp³-hybridized carbons (Fsp3) is 0.143. The van der Waals surface area contributed by atoms with Gasteiger partial charge in [0.05, 0.1) is 7.05 Å². The SMILES string of the molecule is Cn1c(=O)c2c(-c3cccc(OCc4ccccc4)c3)[nH]c(=O)[nH+]c2n(C)c1=O. The zero-order chi connectivity index (χ0) is 20.5. The van der Waals surface area contributed by atoms with Crippen molar-refractivity contribution in [3.8, 4) is 17.0 Å². The molecule has 0 spiro atoms. The third-order valence-corrected chi connectivity index (χ3v) is 4.76. The summed E-state index contributed by atoms with van der Waals surface area (Å²) in [6.45, 7) is 0.389. The van der Waals surface area contributed by atoms with E-state index in [1.54, 1.807) is 24.3 Å². The Balaban J connectivity index is 1.84. The average Bonchev–Trinajstić information content (AvgIpc) is 2.75. The number of hydrogen-bond donors (Lipinski definition) is 1. The maximum Gasteiger partial charge on any atom is 0.439 e. The summed E-state index contributed by atoms with van der Waals surface area (Å²) in [4.78, 5) is 42.4. The first-order chi connectivity index (χ1) is 14.0. The molecule has 29 heavy (non-hydrogen) atoms. The number of aromatic amines is 2. The van der Waals surface area contributed by atoms with E-state index in [1.165, 1.54) is 18.7 Å². The van der Waals surface area contributed by atoms with Crippen LogP contribution in [0.1, 0.15) is 5.56 Å². The smallest absolute Gasteiger partial charge is 0.439 e. The molecule has 0 aliphatic carbocycles. The summed E-state index contributed by atoms with van der Waals surface area (Å²) in [5.74, 6) is 0.592. The van der Waals surface area contributed by atoms with Crippen LogP contribution < -0.4 is 26.7 Å². The van der Waals surface area contributed by atoms with Crippen molar-refractivity contribution in [2.45, 2.75) is 6.61 Å². The normalized spacial score (nSPS) is 11.0. The molecule has 0 saturated heterocycles. The second-order valence-corrected chi connectivity index (χ2v) is 6.69. The topological polar surface area (TPSA) is 100 Å². The van der Waals surface area contributed by atoms with E-state index in [1.807, 2.05) is 30.3 Å². The Labute approximate surface area is 164 Å². The van der Waals surface area contributed by atoms with E-state index in [-0.39, 0.29) is 11.0 Å². The first-order valence-electron chi connectivity index (χ1n) is 8.98. The molecule has 2 aromatic heterocycles. The van der Waals surface area contributed by atoms with Crippen molar-refractivity contribution < 1.29 is 9.72 Å². The van der Waals surface area contributed by atoms with Gasteiger partial charge in [-0.2, -0.15) is 0 Å². The van der Waals surface area contributed by atoms with E-state index < -0.39 is 16.9 Å². The minimum Gasteiger partial charge on any atom is -0.489 e. The van der Waals surface area contributed by atoms with E-state index in [0.29, 0.717) is 23.6 Å². The molecule has 2 aromatic carbocycles. The molecule has 0 bridgehead atoms. The Kier molecular flexibility index (Phi) is 4.59. The third kappa shape index (κ3) is 3.36. The molecule has 8 nitrogen and oxygen atoms in total. The van der Waals surface area contributed by atoms with Crippen LogP contribution in [0, 0.1) is 0 Å². The van der Waals surface area contributed by atoms with E-state index in [4.69, 9.17) is 4.74 Å². The highest BCUT2D eigenvalue weighted by Crippen LogP contribution is 2.25. The van der Waals surface area contributed by atoms with E-state index in [0.717, 1.165) is 10.1 Å². The van der Waals surface area contributed by atoms with Crippen LogP contribution in [0.25, 0.3) is 22.3 Å². The molecule has 2 heterocycles. The molecule has 0 amide bonds. The van der Waals surface area contributed by atoms with Gasteiger partial charge in [0.15, 0.2) is 5.39 Å². The molecule has 0 fully saturated rings. The highest BCUT2D eigenvalue weighted by atomic mass is 16.5. The number of fused-ring (bicyclic) bond motifs is 1. The number of ether oxygens (including phenoxy) is 1. The minimum absolute atomic E-state index is 0.160. The Hall–Kier alpha value is -3.94. The lowest BCUT2D eigenvalue weighted by atomic mass is 10.1. The van der Waals surface area contributed by atoms with Crippen molar-refractivity contribution in [3.63, 3.8) is 0 Å². The highest BCUT2D eigenvalue weighted by Gasteiger charge is 2.21. The largest absolute Gasteiger partial charge is 0.489 e. The van der Waals surface area contributed by atoms with Gasteiger partial charge in [-0.25, -0.2) is 28.7 Å². The number of H-pyrrole nitrogens is 2. The molecule has 0 aliphatic heterocycles. The van der Waals surface area contributed by atoms with Crippen LogP contribution in [0.3, 0.4) is 0 Å². The summed E-state index contributed by atoms with van der Waals surface area (Å²) in [7, 11) is 2.90. The molecule has 4 aromatic rings. The lowest BCUT2D eigenvalue weighted by Crippen LogP contribution is -2.43. The van der Waals surface area contributed by atoms with E-state index in [9.17, 15) is 14.4 Å². The predicted octanol–water partition coefficient (Wildman–Crippen LogP) is 0.986. The molecule has 4 rings (SSSR count). The quantitative estimate of drug-likeness (QED) is 0.561. The number of benzene rings is 2. The number of aromatic nitrogens is 4. The van der Waals surface area contributed by atoms with E-state index >= 15 is 0 Å². The average molecular weight is 391 g/mol. The maximum absolute atomic E-state index is 12.8. The lowest BCUT2D eigenvalue weighted by Gasteiger charge is -2.09. The molecule has 0 atom stereocenters. The highest BCUT2D eigenvalue weighted by molar-refractivity contribution is 5.88. The van der Waals surface area contributed by atoms with Gasteiger partial charge in [-0.1, -0.05) is 42.5 Å². The standard InChI is InChI=1S/C21H18N4O4/c1-24-18-16(19(26)25(2)21(24)28)17(22-20(27)23-18)14-9-6-10-15(11-14)29-12-13-7-4-3-5-8-13/h3-11H,12H2,1-2H3,(H,22,23,27)/p+1. The first-order valence-corrected chi connectivity index (χ1v) is 8.98. The van der Waals surface area contributed by atoms with Crippen LogP contribution in [-0.4, -0.2) is 14.1 Å². The second-order valence-electron chi connectivity index (χ2n) is 6.69. The Morgan fingerprint density at radius 1 is 0.966 bits per heavy atom. The summed E-state index contributed by atoms with van der Waals surface area (Å²) < 4.78 is 8.10. The lowest BCUT2D eigenvalue weighted by molar-refractivity contribution is -0.374. The zero-order valence-corrected chi connectivity index (χ0v) is 15.9. The van der Waals surface area contributed by atoms with E-state index in [2.05, 4.69) is 9.97 Å². The van der Waals surface area contributed by atoms with Crippen molar-refractivity contribution in [1.29, 1.82) is 0 Å². The number of hydrogen-bond acceptors (Lipinski definition) is 4. The van der Waals surface area contributed by atoms with Crippen LogP contribution in [0.15, 0.2) is 69.0 Å². The fourth-order valence-corrected chi connectivity index (χ4v) is 3.23. The number of nitrogens with one attached hydrogen (secondary N) is 2. The van der Waals surface area contributed by atoms with Crippen LogP contribution in [-0.2, 0) is 20.7 Å². The van der Waals surface area contributed by atoms with Crippen molar-refractivity contribution in [2.75, 3.05) is 0 Å². The van der Waals surface area contributed by atoms with Gasteiger partial charge in [0.1, 0.15) is 18.1 Å². The first kappa shape index (κ1) is 18.4. The minimum atomic E-state index is -0.522. The van der Waals surface area contributed by atoms with Crippen molar-refractivity contribution in [2.24, 2.45) is 14.1 Å². The number of rotatable bonds is 4. The number of aryl methyl sites for hydroxylation is 1. The molecular weight excluding hydrogens is 372 g/mol. The second kappa shape index (κ2) is 7.23. The Morgan fingerprint density at radius 2 is 1.72 bits per heavy atom. The van der Waals surface area contributed by atoms with Crippen LogP contribution in [0.5, 0.6) is 5.75 Å². The van der Waals surface area contributed by atoms with Gasteiger partial charge < -0.3 is 4.74 Å². The molecule has 8 heteroatoms. The van der Waals surface area contributed by atoms with Crippen LogP contribution >= 0.6 is 0 Å². The van der Waals surface area contributed by atoms with Gasteiger partial charge in [0.25, 0.3) is 5.56 Å². The third-order valence-electron chi connectivity index (χ3n) is 4.76. The molecule has 0 saturated carbocycles. The van der Waals surface area contributed by atoms with Gasteiger partial charge in [0.2, 0.25) is 5.65 Å².